The smallest absolute Gasteiger partial charge is 0.146 e. The molecule has 0 atom stereocenters. The average Bonchev–Trinajstić information content (AvgIpc) is 2.75. The molecular formula is C15H12F3N3. The lowest BCUT2D eigenvalue weighted by Gasteiger charge is -2.06. The summed E-state index contributed by atoms with van der Waals surface area (Å²) in [6.07, 6.45) is 0. The van der Waals surface area contributed by atoms with Crippen LogP contribution in [0.4, 0.5) is 13.2 Å². The Balaban J connectivity index is 2.29. The summed E-state index contributed by atoms with van der Waals surface area (Å²) in [4.78, 5) is 4.23. The molecule has 0 saturated carbocycles. The fraction of sp³-hybridized carbons (Fsp3) is 0.133. The number of nitrogens with zero attached hydrogens (tertiary/aromatic N) is 2. The first kappa shape index (κ1) is 13.6. The Bertz CT molecular complexity index is 817. The Labute approximate surface area is 118 Å². The van der Waals surface area contributed by atoms with E-state index in [9.17, 15) is 13.2 Å². The number of rotatable bonds is 2. The summed E-state index contributed by atoms with van der Waals surface area (Å²) in [7, 11) is 1.65. The predicted octanol–water partition coefficient (Wildman–Crippen LogP) is 3.12. The van der Waals surface area contributed by atoms with Crippen molar-refractivity contribution >= 4 is 11.0 Å². The molecule has 0 amide bonds. The van der Waals surface area contributed by atoms with Gasteiger partial charge in [-0.15, -0.1) is 0 Å². The number of benzene rings is 2. The van der Waals surface area contributed by atoms with Crippen molar-refractivity contribution in [3.8, 4) is 11.4 Å². The number of hydrogen-bond donors (Lipinski definition) is 1. The quantitative estimate of drug-likeness (QED) is 0.788. The van der Waals surface area contributed by atoms with Crippen molar-refractivity contribution in [1.29, 1.82) is 0 Å². The normalized spacial score (nSPS) is 11.3. The molecule has 0 aliphatic heterocycles. The Morgan fingerprint density at radius 3 is 2.38 bits per heavy atom. The molecule has 2 N–H and O–H groups in total. The van der Waals surface area contributed by atoms with Gasteiger partial charge in [0, 0.05) is 25.7 Å². The molecule has 6 heteroatoms. The fourth-order valence-electron chi connectivity index (χ4n) is 2.34. The molecular weight excluding hydrogens is 279 g/mol. The van der Waals surface area contributed by atoms with Crippen molar-refractivity contribution in [2.24, 2.45) is 12.8 Å². The molecule has 0 spiro atoms. The van der Waals surface area contributed by atoms with E-state index in [0.29, 0.717) is 29.7 Å². The SMILES string of the molecule is Cn1c(-c2c(F)cc(F)cc2F)nc2ccc(CN)cc21. The first-order valence-electron chi connectivity index (χ1n) is 6.31. The summed E-state index contributed by atoms with van der Waals surface area (Å²) in [6, 6.07) is 6.63. The third-order valence-electron chi connectivity index (χ3n) is 3.41. The minimum absolute atomic E-state index is 0.106. The van der Waals surface area contributed by atoms with E-state index in [-0.39, 0.29) is 11.4 Å². The van der Waals surface area contributed by atoms with Crippen molar-refractivity contribution in [3.05, 3.63) is 53.3 Å². The fourth-order valence-corrected chi connectivity index (χ4v) is 2.34. The van der Waals surface area contributed by atoms with Crippen molar-refractivity contribution < 1.29 is 13.2 Å². The number of halogens is 3. The van der Waals surface area contributed by atoms with Crippen LogP contribution in [-0.2, 0) is 13.6 Å². The van der Waals surface area contributed by atoms with E-state index in [1.165, 1.54) is 0 Å². The highest BCUT2D eigenvalue weighted by atomic mass is 19.1. The summed E-state index contributed by atoms with van der Waals surface area (Å²) in [6.45, 7) is 0.357. The van der Waals surface area contributed by atoms with E-state index >= 15 is 0 Å². The zero-order valence-electron chi connectivity index (χ0n) is 11.2. The van der Waals surface area contributed by atoms with Gasteiger partial charge in [0.05, 0.1) is 16.6 Å². The molecule has 3 nitrogen and oxygen atoms in total. The van der Waals surface area contributed by atoms with E-state index in [1.807, 2.05) is 6.07 Å². The van der Waals surface area contributed by atoms with Crippen molar-refractivity contribution in [3.63, 3.8) is 0 Å². The van der Waals surface area contributed by atoms with Gasteiger partial charge >= 0.3 is 0 Å². The van der Waals surface area contributed by atoms with E-state index < -0.39 is 17.5 Å². The average molecular weight is 291 g/mol. The molecule has 3 aromatic rings. The van der Waals surface area contributed by atoms with Crippen LogP contribution in [0.5, 0.6) is 0 Å². The zero-order chi connectivity index (χ0) is 15.1. The second-order valence-electron chi connectivity index (χ2n) is 4.77. The molecule has 0 unspecified atom stereocenters. The third kappa shape index (κ3) is 2.17. The van der Waals surface area contributed by atoms with Gasteiger partial charge in [0.2, 0.25) is 0 Å². The summed E-state index contributed by atoms with van der Waals surface area (Å²) < 4.78 is 42.4. The maximum absolute atomic E-state index is 13.9. The van der Waals surface area contributed by atoms with Crippen LogP contribution >= 0.6 is 0 Å². The minimum Gasteiger partial charge on any atom is -0.327 e. The molecule has 0 aliphatic rings. The largest absolute Gasteiger partial charge is 0.327 e. The maximum atomic E-state index is 13.9. The molecule has 1 aromatic heterocycles. The number of imidazole rings is 1. The molecule has 0 aliphatic carbocycles. The van der Waals surface area contributed by atoms with E-state index in [2.05, 4.69) is 4.98 Å². The number of aryl methyl sites for hydroxylation is 1. The van der Waals surface area contributed by atoms with Gasteiger partial charge in [-0.25, -0.2) is 18.2 Å². The Morgan fingerprint density at radius 1 is 1.10 bits per heavy atom. The maximum Gasteiger partial charge on any atom is 0.146 e. The van der Waals surface area contributed by atoms with Gasteiger partial charge in [0.25, 0.3) is 0 Å². The van der Waals surface area contributed by atoms with Crippen LogP contribution in [0.1, 0.15) is 5.56 Å². The highest BCUT2D eigenvalue weighted by Gasteiger charge is 2.19. The van der Waals surface area contributed by atoms with Gasteiger partial charge in [-0.1, -0.05) is 6.07 Å². The van der Waals surface area contributed by atoms with Crippen molar-refractivity contribution in [2.75, 3.05) is 0 Å². The van der Waals surface area contributed by atoms with E-state index in [0.717, 1.165) is 5.56 Å². The lowest BCUT2D eigenvalue weighted by Crippen LogP contribution is -2.00. The Morgan fingerprint density at radius 2 is 1.76 bits per heavy atom. The lowest BCUT2D eigenvalue weighted by molar-refractivity contribution is 0.546. The number of aromatic nitrogens is 2. The second-order valence-corrected chi connectivity index (χ2v) is 4.77. The van der Waals surface area contributed by atoms with Crippen LogP contribution in [0, 0.1) is 17.5 Å². The van der Waals surface area contributed by atoms with E-state index in [1.54, 1.807) is 23.7 Å². The van der Waals surface area contributed by atoms with Crippen LogP contribution < -0.4 is 5.73 Å². The monoisotopic (exact) mass is 291 g/mol. The van der Waals surface area contributed by atoms with Crippen molar-refractivity contribution in [2.45, 2.75) is 6.54 Å². The highest BCUT2D eigenvalue weighted by molar-refractivity contribution is 5.81. The zero-order valence-corrected chi connectivity index (χ0v) is 11.2. The Hall–Kier alpha value is -2.34. The summed E-state index contributed by atoms with van der Waals surface area (Å²) in [5.74, 6) is -2.82. The molecule has 0 radical (unpaired) electrons. The molecule has 0 saturated heterocycles. The molecule has 108 valence electrons. The van der Waals surface area contributed by atoms with Gasteiger partial charge < -0.3 is 10.3 Å². The second kappa shape index (κ2) is 4.89. The third-order valence-corrected chi connectivity index (χ3v) is 3.41. The van der Waals surface area contributed by atoms with Gasteiger partial charge in [0.15, 0.2) is 0 Å². The van der Waals surface area contributed by atoms with Crippen LogP contribution in [0.25, 0.3) is 22.4 Å². The highest BCUT2D eigenvalue weighted by Crippen LogP contribution is 2.29. The van der Waals surface area contributed by atoms with Crippen LogP contribution in [0.15, 0.2) is 30.3 Å². The summed E-state index contributed by atoms with van der Waals surface area (Å²) in [5.41, 5.74) is 7.42. The lowest BCUT2D eigenvalue weighted by atomic mass is 10.2. The molecule has 0 fully saturated rings. The van der Waals surface area contributed by atoms with Crippen LogP contribution in [-0.4, -0.2) is 9.55 Å². The summed E-state index contributed by atoms with van der Waals surface area (Å²) in [5, 5.41) is 0. The first-order valence-corrected chi connectivity index (χ1v) is 6.31. The first-order chi connectivity index (χ1) is 10.0. The summed E-state index contributed by atoms with van der Waals surface area (Å²) >= 11 is 0. The minimum atomic E-state index is -0.982. The number of fused-ring (bicyclic) bond motifs is 1. The molecule has 3 rings (SSSR count). The van der Waals surface area contributed by atoms with E-state index in [4.69, 9.17) is 5.73 Å². The topological polar surface area (TPSA) is 43.8 Å². The predicted molar refractivity (Wildman–Crippen MR) is 73.9 cm³/mol. The molecule has 21 heavy (non-hydrogen) atoms. The van der Waals surface area contributed by atoms with Crippen molar-refractivity contribution in [1.82, 2.24) is 9.55 Å². The number of hydrogen-bond acceptors (Lipinski definition) is 2. The Kier molecular flexibility index (Phi) is 3.17. The van der Waals surface area contributed by atoms with Gasteiger partial charge in [0.1, 0.15) is 23.3 Å². The standard InChI is InChI=1S/C15H12F3N3/c1-21-13-4-8(7-19)2-3-12(13)20-15(21)14-10(17)5-9(16)6-11(14)18/h2-6H,7,19H2,1H3. The van der Waals surface area contributed by atoms with Gasteiger partial charge in [-0.2, -0.15) is 0 Å². The van der Waals surface area contributed by atoms with Crippen LogP contribution in [0.3, 0.4) is 0 Å². The molecule has 2 aromatic carbocycles. The number of nitrogens with two attached hydrogens (primary N) is 1. The van der Waals surface area contributed by atoms with Gasteiger partial charge in [-0.05, 0) is 17.7 Å². The van der Waals surface area contributed by atoms with Gasteiger partial charge in [-0.3, -0.25) is 0 Å². The molecule has 0 bridgehead atoms. The van der Waals surface area contributed by atoms with Crippen LogP contribution in [0.2, 0.25) is 0 Å². The molecule has 1 heterocycles.